The first kappa shape index (κ1) is 24.9. The molecule has 8 nitrogen and oxygen atoms in total. The van der Waals surface area contributed by atoms with Gasteiger partial charge in [0.05, 0.1) is 12.6 Å². The number of rotatable bonds is 8. The molecule has 0 aliphatic carbocycles. The zero-order valence-corrected chi connectivity index (χ0v) is 21.6. The number of hydrogen-bond acceptors (Lipinski definition) is 4. The molecule has 3 N–H and O–H groups in total. The summed E-state index contributed by atoms with van der Waals surface area (Å²) in [6, 6.07) is 23.1. The van der Waals surface area contributed by atoms with Crippen LogP contribution in [0.1, 0.15) is 38.8 Å². The molecule has 2 aliphatic heterocycles. The van der Waals surface area contributed by atoms with Crippen LogP contribution in [0.5, 0.6) is 0 Å². The van der Waals surface area contributed by atoms with Gasteiger partial charge in [0.25, 0.3) is 5.91 Å². The fourth-order valence-corrected chi connectivity index (χ4v) is 5.86. The minimum atomic E-state index is -0.806. The molecule has 0 unspecified atom stereocenters. The van der Waals surface area contributed by atoms with Crippen LogP contribution in [0.4, 0.5) is 0 Å². The van der Waals surface area contributed by atoms with Gasteiger partial charge in [-0.3, -0.25) is 14.4 Å². The van der Waals surface area contributed by atoms with Crippen LogP contribution < -0.4 is 10.6 Å². The number of methoxy groups -OCH3 is 1. The molecule has 8 heteroatoms. The topological polar surface area (TPSA) is 104 Å². The van der Waals surface area contributed by atoms with E-state index in [-0.39, 0.29) is 17.7 Å². The van der Waals surface area contributed by atoms with Crippen molar-refractivity contribution < 1.29 is 19.1 Å². The van der Waals surface area contributed by atoms with Gasteiger partial charge in [-0.1, -0.05) is 66.7 Å². The van der Waals surface area contributed by atoms with Crippen LogP contribution in [-0.4, -0.2) is 60.0 Å². The number of hydrogen-bond donors (Lipinski definition) is 3. The Morgan fingerprint density at radius 3 is 2.59 bits per heavy atom. The first-order valence-electron chi connectivity index (χ1n) is 13.2. The Hall–Kier alpha value is -4.43. The number of para-hydroxylation sites is 1. The van der Waals surface area contributed by atoms with Crippen LogP contribution in [0.25, 0.3) is 10.9 Å². The Balaban J connectivity index is 1.35. The Morgan fingerprint density at radius 2 is 1.77 bits per heavy atom. The number of amides is 3. The molecule has 3 heterocycles. The predicted octanol–water partition coefficient (Wildman–Crippen LogP) is 3.13. The number of aromatic nitrogens is 1. The Morgan fingerprint density at radius 1 is 1.03 bits per heavy atom. The van der Waals surface area contributed by atoms with E-state index >= 15 is 0 Å². The van der Waals surface area contributed by atoms with Gasteiger partial charge < -0.3 is 25.3 Å². The average molecular weight is 523 g/mol. The van der Waals surface area contributed by atoms with Gasteiger partial charge in [0.2, 0.25) is 11.8 Å². The maximum Gasteiger partial charge on any atom is 0.255 e. The van der Waals surface area contributed by atoms with Crippen LogP contribution in [0.15, 0.2) is 78.9 Å². The van der Waals surface area contributed by atoms with E-state index in [4.69, 9.17) is 4.74 Å². The summed E-state index contributed by atoms with van der Waals surface area (Å²) in [5.41, 5.74) is 5.35. The minimum absolute atomic E-state index is 0.177. The lowest BCUT2D eigenvalue weighted by Crippen LogP contribution is -2.57. The van der Waals surface area contributed by atoms with Gasteiger partial charge in [0.1, 0.15) is 12.1 Å². The van der Waals surface area contributed by atoms with Crippen LogP contribution >= 0.6 is 0 Å². The van der Waals surface area contributed by atoms with E-state index in [0.717, 1.165) is 33.3 Å². The number of aromatic amines is 1. The number of benzene rings is 3. The number of nitrogens with one attached hydrogen (secondary N) is 3. The second-order valence-electron chi connectivity index (χ2n) is 10.0. The van der Waals surface area contributed by atoms with Crippen molar-refractivity contribution in [3.05, 3.63) is 107 Å². The molecule has 4 aromatic rings. The Bertz CT molecular complexity index is 1550. The van der Waals surface area contributed by atoms with E-state index < -0.39 is 18.1 Å². The third-order valence-corrected chi connectivity index (χ3v) is 7.68. The normalized spacial score (nSPS) is 18.3. The van der Waals surface area contributed by atoms with Crippen molar-refractivity contribution in [2.45, 2.75) is 31.0 Å². The Kier molecular flexibility index (Phi) is 6.62. The monoisotopic (exact) mass is 522 g/mol. The van der Waals surface area contributed by atoms with Gasteiger partial charge >= 0.3 is 0 Å². The predicted molar refractivity (Wildman–Crippen MR) is 147 cm³/mol. The summed E-state index contributed by atoms with van der Waals surface area (Å²) in [7, 11) is 1.57. The highest BCUT2D eigenvalue weighted by molar-refractivity contribution is 6.04. The van der Waals surface area contributed by atoms with E-state index in [0.29, 0.717) is 31.6 Å². The first-order chi connectivity index (χ1) is 19.1. The summed E-state index contributed by atoms with van der Waals surface area (Å²) < 4.78 is 5.07. The summed E-state index contributed by atoms with van der Waals surface area (Å²) in [5.74, 6) is -0.815. The van der Waals surface area contributed by atoms with Crippen molar-refractivity contribution in [2.75, 3.05) is 20.3 Å². The lowest BCUT2D eigenvalue weighted by atomic mass is 9.89. The number of carbonyl (C=O) groups is 3. The summed E-state index contributed by atoms with van der Waals surface area (Å²) >= 11 is 0. The van der Waals surface area contributed by atoms with Gasteiger partial charge in [0, 0.05) is 48.7 Å². The fraction of sp³-hybridized carbons (Fsp3) is 0.258. The van der Waals surface area contributed by atoms with Crippen LogP contribution in [0.3, 0.4) is 0 Å². The first-order valence-corrected chi connectivity index (χ1v) is 13.2. The van der Waals surface area contributed by atoms with E-state index in [1.807, 2.05) is 78.9 Å². The molecule has 0 radical (unpaired) electrons. The van der Waals surface area contributed by atoms with E-state index in [9.17, 15) is 14.4 Å². The van der Waals surface area contributed by atoms with E-state index in [1.54, 1.807) is 12.0 Å². The number of H-pyrrole nitrogens is 1. The smallest absolute Gasteiger partial charge is 0.255 e. The SMILES string of the molecule is COCCNC(=O)[C@H](Cc1ccccc1)NC(=O)[C@@H]1Cc2c([nH]c3ccccc23)[C@H]2c3ccccc3C(=O)N21. The summed E-state index contributed by atoms with van der Waals surface area (Å²) in [6.45, 7) is 0.701. The summed E-state index contributed by atoms with van der Waals surface area (Å²) in [6.07, 6.45) is 0.679. The van der Waals surface area contributed by atoms with Gasteiger partial charge in [-0.05, 0) is 28.8 Å². The van der Waals surface area contributed by atoms with Gasteiger partial charge in [0.15, 0.2) is 0 Å². The zero-order chi connectivity index (χ0) is 26.9. The van der Waals surface area contributed by atoms with Crippen LogP contribution in [0, 0.1) is 0 Å². The molecule has 0 bridgehead atoms. The van der Waals surface area contributed by atoms with Crippen molar-refractivity contribution >= 4 is 28.6 Å². The van der Waals surface area contributed by atoms with Gasteiger partial charge in [-0.2, -0.15) is 0 Å². The maximum absolute atomic E-state index is 14.0. The quantitative estimate of drug-likeness (QED) is 0.310. The molecule has 3 amide bonds. The molecule has 3 aromatic carbocycles. The highest BCUT2D eigenvalue weighted by atomic mass is 16.5. The average Bonchev–Trinajstić information content (AvgIpc) is 3.48. The molecule has 198 valence electrons. The number of carbonyl (C=O) groups excluding carboxylic acids is 3. The fourth-order valence-electron chi connectivity index (χ4n) is 5.86. The van der Waals surface area contributed by atoms with E-state index in [2.05, 4.69) is 15.6 Å². The standard InChI is InChI=1S/C31H30N4O4/c1-39-16-15-32-29(36)25(17-19-9-3-2-4-10-19)34-30(37)26-18-23-20-11-7-8-14-24(20)33-27(23)28-21-12-5-6-13-22(21)31(38)35(26)28/h2-14,25-26,28,33H,15-18H2,1H3,(H,32,36)(H,34,37)/t25-,26-,28+/m0/s1. The summed E-state index contributed by atoms with van der Waals surface area (Å²) in [4.78, 5) is 46.1. The molecule has 1 aromatic heterocycles. The molecular formula is C31H30N4O4. The maximum atomic E-state index is 14.0. The lowest BCUT2D eigenvalue weighted by Gasteiger charge is -2.37. The Labute approximate surface area is 226 Å². The number of ether oxygens (including phenoxy) is 1. The lowest BCUT2D eigenvalue weighted by molar-refractivity contribution is -0.132. The third kappa shape index (κ3) is 4.46. The summed E-state index contributed by atoms with van der Waals surface area (Å²) in [5, 5.41) is 6.89. The molecule has 0 saturated carbocycles. The molecule has 39 heavy (non-hydrogen) atoms. The number of nitrogens with zero attached hydrogens (tertiary/aromatic N) is 1. The molecular weight excluding hydrogens is 492 g/mol. The molecule has 0 spiro atoms. The number of fused-ring (bicyclic) bond motifs is 7. The van der Waals surface area contributed by atoms with Gasteiger partial charge in [-0.15, -0.1) is 0 Å². The second-order valence-corrected chi connectivity index (χ2v) is 10.0. The molecule has 0 fully saturated rings. The molecule has 3 atom stereocenters. The highest BCUT2D eigenvalue weighted by Crippen LogP contribution is 2.46. The van der Waals surface area contributed by atoms with Crippen molar-refractivity contribution in [1.29, 1.82) is 0 Å². The van der Waals surface area contributed by atoms with Crippen molar-refractivity contribution in [2.24, 2.45) is 0 Å². The van der Waals surface area contributed by atoms with Crippen LogP contribution in [-0.2, 0) is 27.2 Å². The molecule has 2 aliphatic rings. The van der Waals surface area contributed by atoms with E-state index in [1.165, 1.54) is 0 Å². The molecule has 6 rings (SSSR count). The molecule has 0 saturated heterocycles. The van der Waals surface area contributed by atoms with Crippen molar-refractivity contribution in [3.8, 4) is 0 Å². The van der Waals surface area contributed by atoms with Crippen molar-refractivity contribution in [1.82, 2.24) is 20.5 Å². The van der Waals surface area contributed by atoms with Crippen LogP contribution in [0.2, 0.25) is 0 Å². The highest BCUT2D eigenvalue weighted by Gasteiger charge is 2.49. The second kappa shape index (κ2) is 10.4. The van der Waals surface area contributed by atoms with Gasteiger partial charge in [-0.25, -0.2) is 0 Å². The minimum Gasteiger partial charge on any atom is -0.383 e. The van der Waals surface area contributed by atoms with Crippen molar-refractivity contribution in [3.63, 3.8) is 0 Å². The zero-order valence-electron chi connectivity index (χ0n) is 21.6. The largest absolute Gasteiger partial charge is 0.383 e. The third-order valence-electron chi connectivity index (χ3n) is 7.68.